The summed E-state index contributed by atoms with van der Waals surface area (Å²) in [5, 5.41) is 12.7. The number of aromatic nitrogens is 1. The molecule has 2 atom stereocenters. The minimum atomic E-state index is 0.144. The number of nitrogens with one attached hydrogen (secondary N) is 1. The topological polar surface area (TPSA) is 69.0 Å². The number of pyridine rings is 1. The second-order valence-electron chi connectivity index (χ2n) is 7.76. The zero-order chi connectivity index (χ0) is 16.7. The van der Waals surface area contributed by atoms with Crippen molar-refractivity contribution in [3.63, 3.8) is 0 Å². The van der Waals surface area contributed by atoms with E-state index in [4.69, 9.17) is 4.98 Å². The van der Waals surface area contributed by atoms with Crippen LogP contribution in [0.4, 0.5) is 5.82 Å². The first-order valence-electron chi connectivity index (χ1n) is 9.06. The van der Waals surface area contributed by atoms with Gasteiger partial charge in [0.2, 0.25) is 5.91 Å². The highest BCUT2D eigenvalue weighted by atomic mass is 16.1. The van der Waals surface area contributed by atoms with Crippen molar-refractivity contribution >= 4 is 11.7 Å². The lowest BCUT2D eigenvalue weighted by atomic mass is 9.74. The summed E-state index contributed by atoms with van der Waals surface area (Å²) in [6.45, 7) is 4.82. The molecular weight excluding hydrogens is 300 g/mol. The predicted molar refractivity (Wildman–Crippen MR) is 91.8 cm³/mol. The number of anilines is 1. The minimum Gasteiger partial charge on any atom is -0.355 e. The van der Waals surface area contributed by atoms with Crippen molar-refractivity contribution < 1.29 is 4.79 Å². The predicted octanol–water partition coefficient (Wildman–Crippen LogP) is 2.50. The molecule has 0 saturated carbocycles. The lowest BCUT2D eigenvalue weighted by Crippen LogP contribution is -2.53. The molecule has 126 valence electrons. The molecule has 2 saturated heterocycles. The third-order valence-electron chi connectivity index (χ3n) is 6.05. The molecule has 1 aromatic rings. The minimum absolute atomic E-state index is 0.144. The largest absolute Gasteiger partial charge is 0.355 e. The Hall–Kier alpha value is -2.09. The summed E-state index contributed by atoms with van der Waals surface area (Å²) >= 11 is 0. The summed E-state index contributed by atoms with van der Waals surface area (Å²) in [5.41, 5.74) is 3.28. The van der Waals surface area contributed by atoms with Gasteiger partial charge in [-0.15, -0.1) is 0 Å². The van der Waals surface area contributed by atoms with Gasteiger partial charge in [-0.1, -0.05) is 6.92 Å². The van der Waals surface area contributed by atoms with Gasteiger partial charge in [0.25, 0.3) is 0 Å². The third kappa shape index (κ3) is 2.54. The van der Waals surface area contributed by atoms with E-state index in [1.807, 2.05) is 0 Å². The standard InChI is InChI=1S/C19H24N4O/c1-13-3-4-14-9-15(10-20)18(22-17(13)14)23-8-2-6-19(12-23)7-5-16(24)21-11-19/h9,13H,2-8,11-12H2,1H3,(H,21,24). The van der Waals surface area contributed by atoms with E-state index in [0.29, 0.717) is 17.9 Å². The summed E-state index contributed by atoms with van der Waals surface area (Å²) in [4.78, 5) is 18.8. The second kappa shape index (κ2) is 5.77. The fraction of sp³-hybridized carbons (Fsp3) is 0.632. The fourth-order valence-corrected chi connectivity index (χ4v) is 4.60. The molecule has 3 aliphatic rings. The molecule has 0 bridgehead atoms. The SMILES string of the molecule is CC1CCc2cc(C#N)c(N3CCCC4(CCC(=O)NC4)C3)nc21. The number of aryl methyl sites for hydroxylation is 1. The molecule has 0 aromatic carbocycles. The van der Waals surface area contributed by atoms with Crippen molar-refractivity contribution in [2.75, 3.05) is 24.5 Å². The molecule has 1 spiro atoms. The van der Waals surface area contributed by atoms with Crippen molar-refractivity contribution in [3.05, 3.63) is 22.9 Å². The molecule has 4 rings (SSSR count). The number of carbonyl (C=O) groups is 1. The van der Waals surface area contributed by atoms with E-state index in [-0.39, 0.29) is 11.3 Å². The highest BCUT2D eigenvalue weighted by Gasteiger charge is 2.39. The van der Waals surface area contributed by atoms with Crippen LogP contribution in [0.25, 0.3) is 0 Å². The summed E-state index contributed by atoms with van der Waals surface area (Å²) in [5.74, 6) is 1.51. The number of fused-ring (bicyclic) bond motifs is 1. The van der Waals surface area contributed by atoms with E-state index >= 15 is 0 Å². The van der Waals surface area contributed by atoms with Crippen LogP contribution in [-0.2, 0) is 11.2 Å². The Balaban J connectivity index is 1.65. The maximum atomic E-state index is 11.5. The molecule has 3 heterocycles. The van der Waals surface area contributed by atoms with Gasteiger partial charge in [0.15, 0.2) is 0 Å². The molecule has 2 aliphatic heterocycles. The number of rotatable bonds is 1. The Morgan fingerprint density at radius 3 is 3.04 bits per heavy atom. The van der Waals surface area contributed by atoms with Gasteiger partial charge in [-0.2, -0.15) is 5.26 Å². The lowest BCUT2D eigenvalue weighted by molar-refractivity contribution is -0.124. The molecule has 5 heteroatoms. The number of carbonyl (C=O) groups excluding carboxylic acids is 1. The highest BCUT2D eigenvalue weighted by molar-refractivity contribution is 5.77. The van der Waals surface area contributed by atoms with Crippen LogP contribution >= 0.6 is 0 Å². The Morgan fingerprint density at radius 2 is 2.29 bits per heavy atom. The summed E-state index contributed by atoms with van der Waals surface area (Å²) < 4.78 is 0. The van der Waals surface area contributed by atoms with Gasteiger partial charge in [-0.25, -0.2) is 4.98 Å². The van der Waals surface area contributed by atoms with Crippen LogP contribution in [0.15, 0.2) is 6.07 Å². The van der Waals surface area contributed by atoms with Crippen LogP contribution < -0.4 is 10.2 Å². The third-order valence-corrected chi connectivity index (χ3v) is 6.05. The number of hydrogen-bond acceptors (Lipinski definition) is 4. The van der Waals surface area contributed by atoms with Crippen LogP contribution in [0.3, 0.4) is 0 Å². The average Bonchev–Trinajstić information content (AvgIpc) is 2.97. The van der Waals surface area contributed by atoms with E-state index in [9.17, 15) is 10.1 Å². The van der Waals surface area contributed by atoms with E-state index in [1.165, 1.54) is 11.3 Å². The van der Waals surface area contributed by atoms with E-state index in [2.05, 4.69) is 29.3 Å². The van der Waals surface area contributed by atoms with Gasteiger partial charge >= 0.3 is 0 Å². The van der Waals surface area contributed by atoms with Crippen molar-refractivity contribution in [1.82, 2.24) is 10.3 Å². The molecule has 1 N–H and O–H groups in total. The number of piperidine rings is 2. The van der Waals surface area contributed by atoms with Gasteiger partial charge in [-0.3, -0.25) is 4.79 Å². The quantitative estimate of drug-likeness (QED) is 0.862. The maximum absolute atomic E-state index is 11.5. The number of nitrogens with zero attached hydrogens (tertiary/aromatic N) is 3. The van der Waals surface area contributed by atoms with Crippen LogP contribution in [-0.4, -0.2) is 30.5 Å². The Bertz CT molecular complexity index is 711. The molecule has 1 amide bonds. The van der Waals surface area contributed by atoms with Crippen molar-refractivity contribution in [1.29, 1.82) is 5.26 Å². The molecule has 2 unspecified atom stereocenters. The summed E-state index contributed by atoms with van der Waals surface area (Å²) in [7, 11) is 0. The average molecular weight is 324 g/mol. The van der Waals surface area contributed by atoms with Gasteiger partial charge in [0.1, 0.15) is 11.9 Å². The van der Waals surface area contributed by atoms with Gasteiger partial charge in [0.05, 0.1) is 5.56 Å². The van der Waals surface area contributed by atoms with Crippen LogP contribution in [0.5, 0.6) is 0 Å². The summed E-state index contributed by atoms with van der Waals surface area (Å²) in [6, 6.07) is 4.42. The maximum Gasteiger partial charge on any atom is 0.220 e. The van der Waals surface area contributed by atoms with Crippen LogP contribution in [0, 0.1) is 16.7 Å². The van der Waals surface area contributed by atoms with E-state index in [1.54, 1.807) is 0 Å². The normalized spacial score (nSPS) is 29.2. The molecule has 2 fully saturated rings. The first kappa shape index (κ1) is 15.4. The van der Waals surface area contributed by atoms with Crippen molar-refractivity contribution in [2.45, 2.75) is 51.4 Å². The van der Waals surface area contributed by atoms with Gasteiger partial charge in [0, 0.05) is 37.2 Å². The Morgan fingerprint density at radius 1 is 1.42 bits per heavy atom. The number of amides is 1. The monoisotopic (exact) mass is 324 g/mol. The van der Waals surface area contributed by atoms with E-state index in [0.717, 1.165) is 57.6 Å². The van der Waals surface area contributed by atoms with Gasteiger partial charge < -0.3 is 10.2 Å². The van der Waals surface area contributed by atoms with Gasteiger partial charge in [-0.05, 0) is 49.7 Å². The smallest absolute Gasteiger partial charge is 0.220 e. The molecule has 5 nitrogen and oxygen atoms in total. The molecule has 1 aliphatic carbocycles. The zero-order valence-electron chi connectivity index (χ0n) is 14.3. The Labute approximate surface area is 143 Å². The summed E-state index contributed by atoms with van der Waals surface area (Å²) in [6.07, 6.45) is 5.97. The first-order valence-corrected chi connectivity index (χ1v) is 9.06. The lowest BCUT2D eigenvalue weighted by Gasteiger charge is -2.45. The number of hydrogen-bond donors (Lipinski definition) is 1. The molecular formula is C19H24N4O. The van der Waals surface area contributed by atoms with Crippen LogP contribution in [0.1, 0.15) is 61.8 Å². The molecule has 1 aromatic heterocycles. The first-order chi connectivity index (χ1) is 11.6. The Kier molecular flexibility index (Phi) is 3.71. The van der Waals surface area contributed by atoms with E-state index < -0.39 is 0 Å². The van der Waals surface area contributed by atoms with Crippen LogP contribution in [0.2, 0.25) is 0 Å². The molecule has 24 heavy (non-hydrogen) atoms. The molecule has 0 radical (unpaired) electrons. The zero-order valence-corrected chi connectivity index (χ0v) is 14.3. The fourth-order valence-electron chi connectivity index (χ4n) is 4.60. The van der Waals surface area contributed by atoms with Crippen molar-refractivity contribution in [3.8, 4) is 6.07 Å². The highest BCUT2D eigenvalue weighted by Crippen LogP contribution is 2.40. The number of nitriles is 1. The second-order valence-corrected chi connectivity index (χ2v) is 7.76. The van der Waals surface area contributed by atoms with Crippen molar-refractivity contribution in [2.24, 2.45) is 5.41 Å².